The van der Waals surface area contributed by atoms with Crippen LogP contribution in [0.3, 0.4) is 0 Å². The number of pyridine rings is 1. The van der Waals surface area contributed by atoms with Crippen molar-refractivity contribution in [3.63, 3.8) is 0 Å². The van der Waals surface area contributed by atoms with Gasteiger partial charge in [0.05, 0.1) is 12.5 Å². The van der Waals surface area contributed by atoms with Crippen molar-refractivity contribution >= 4 is 17.8 Å². The second kappa shape index (κ2) is 10.0. The van der Waals surface area contributed by atoms with E-state index in [9.17, 15) is 14.4 Å². The van der Waals surface area contributed by atoms with Crippen molar-refractivity contribution in [3.05, 3.63) is 53.3 Å². The van der Waals surface area contributed by atoms with Gasteiger partial charge in [-0.15, -0.1) is 0 Å². The van der Waals surface area contributed by atoms with Crippen LogP contribution in [0.4, 0.5) is 0 Å². The SMILES string of the molecule is COc1ccnc(C(=O)N[C@@H](C)C(=O)OC2CCc3ccccc3C2)c1OC(=O)C(C)(C)C. The van der Waals surface area contributed by atoms with Gasteiger partial charge in [-0.05, 0) is 51.7 Å². The van der Waals surface area contributed by atoms with Crippen LogP contribution < -0.4 is 14.8 Å². The van der Waals surface area contributed by atoms with E-state index >= 15 is 0 Å². The Kier molecular flexibility index (Phi) is 7.36. The topological polar surface area (TPSA) is 104 Å². The summed E-state index contributed by atoms with van der Waals surface area (Å²) >= 11 is 0. The number of methoxy groups -OCH3 is 1. The van der Waals surface area contributed by atoms with E-state index in [0.29, 0.717) is 6.42 Å². The van der Waals surface area contributed by atoms with Gasteiger partial charge in [0.1, 0.15) is 12.1 Å². The van der Waals surface area contributed by atoms with Crippen LogP contribution in [-0.2, 0) is 27.2 Å². The zero-order valence-electron chi connectivity index (χ0n) is 19.6. The van der Waals surface area contributed by atoms with Crippen LogP contribution in [0.1, 0.15) is 55.7 Å². The van der Waals surface area contributed by atoms with E-state index in [-0.39, 0.29) is 23.3 Å². The summed E-state index contributed by atoms with van der Waals surface area (Å²) in [5.41, 5.74) is 1.49. The van der Waals surface area contributed by atoms with Gasteiger partial charge >= 0.3 is 11.9 Å². The van der Waals surface area contributed by atoms with Crippen LogP contribution in [0.15, 0.2) is 36.5 Å². The lowest BCUT2D eigenvalue weighted by Gasteiger charge is -2.26. The molecule has 1 aromatic carbocycles. The van der Waals surface area contributed by atoms with E-state index in [4.69, 9.17) is 14.2 Å². The predicted octanol–water partition coefficient (Wildman–Crippen LogP) is 3.26. The maximum atomic E-state index is 12.9. The van der Waals surface area contributed by atoms with E-state index in [2.05, 4.69) is 16.4 Å². The lowest BCUT2D eigenvalue weighted by atomic mass is 9.90. The van der Waals surface area contributed by atoms with E-state index in [1.807, 2.05) is 18.2 Å². The van der Waals surface area contributed by atoms with Crippen molar-refractivity contribution in [2.75, 3.05) is 7.11 Å². The molecule has 176 valence electrons. The fraction of sp³-hybridized carbons (Fsp3) is 0.440. The first-order valence-corrected chi connectivity index (χ1v) is 10.9. The molecule has 1 aliphatic rings. The lowest BCUT2D eigenvalue weighted by molar-refractivity contribution is -0.151. The van der Waals surface area contributed by atoms with Crippen LogP contribution >= 0.6 is 0 Å². The first-order valence-electron chi connectivity index (χ1n) is 10.9. The summed E-state index contributed by atoms with van der Waals surface area (Å²) in [6.45, 7) is 6.62. The molecule has 1 amide bonds. The molecule has 0 radical (unpaired) electrons. The van der Waals surface area contributed by atoms with Gasteiger partial charge in [-0.3, -0.25) is 9.59 Å². The van der Waals surface area contributed by atoms with E-state index in [0.717, 1.165) is 12.8 Å². The number of fused-ring (bicyclic) bond motifs is 1. The molecule has 1 N–H and O–H groups in total. The Bertz CT molecular complexity index is 1040. The van der Waals surface area contributed by atoms with E-state index < -0.39 is 29.3 Å². The van der Waals surface area contributed by atoms with Crippen molar-refractivity contribution < 1.29 is 28.6 Å². The van der Waals surface area contributed by atoms with Crippen molar-refractivity contribution in [2.24, 2.45) is 5.41 Å². The molecule has 1 unspecified atom stereocenters. The maximum absolute atomic E-state index is 12.9. The fourth-order valence-electron chi connectivity index (χ4n) is 3.45. The first-order chi connectivity index (χ1) is 15.6. The molecule has 2 aromatic rings. The number of esters is 2. The third-order valence-electron chi connectivity index (χ3n) is 5.40. The van der Waals surface area contributed by atoms with Gasteiger partial charge in [-0.1, -0.05) is 24.3 Å². The standard InChI is InChI=1S/C25H30N2O6/c1-15(23(29)32-18-11-10-16-8-6-7-9-17(16)14-18)27-22(28)20-21(19(31-5)12-13-26-20)33-24(30)25(2,3)4/h6-9,12-13,15,18H,10-11,14H2,1-5H3,(H,27,28)/t15-,18?/m0/s1. The quantitative estimate of drug-likeness (QED) is 0.668. The van der Waals surface area contributed by atoms with E-state index in [1.54, 1.807) is 20.8 Å². The summed E-state index contributed by atoms with van der Waals surface area (Å²) in [6.07, 6.45) is 3.33. The highest BCUT2D eigenvalue weighted by Crippen LogP contribution is 2.32. The van der Waals surface area contributed by atoms with Crippen molar-refractivity contribution in [1.82, 2.24) is 10.3 Å². The molecule has 33 heavy (non-hydrogen) atoms. The Morgan fingerprint density at radius 3 is 2.48 bits per heavy atom. The average Bonchev–Trinajstić information content (AvgIpc) is 2.78. The minimum absolute atomic E-state index is 0.0955. The number of hydrogen-bond acceptors (Lipinski definition) is 7. The number of ether oxygens (including phenoxy) is 3. The molecule has 1 heterocycles. The minimum atomic E-state index is -0.922. The minimum Gasteiger partial charge on any atom is -0.493 e. The Hall–Kier alpha value is -3.42. The normalized spacial score (nSPS) is 16.2. The Morgan fingerprint density at radius 1 is 1.12 bits per heavy atom. The molecule has 0 fully saturated rings. The van der Waals surface area contributed by atoms with Crippen LogP contribution in [0.5, 0.6) is 11.5 Å². The number of rotatable bonds is 6. The molecule has 8 nitrogen and oxygen atoms in total. The van der Waals surface area contributed by atoms with Crippen LogP contribution in [0.2, 0.25) is 0 Å². The molecule has 0 bridgehead atoms. The van der Waals surface area contributed by atoms with Gasteiger partial charge in [0.2, 0.25) is 5.75 Å². The summed E-state index contributed by atoms with van der Waals surface area (Å²) < 4.78 is 16.3. The molecule has 0 saturated heterocycles. The van der Waals surface area contributed by atoms with Crippen molar-refractivity contribution in [1.29, 1.82) is 0 Å². The van der Waals surface area contributed by atoms with Crippen LogP contribution in [-0.4, -0.2) is 42.1 Å². The summed E-state index contributed by atoms with van der Waals surface area (Å²) in [5, 5.41) is 2.59. The largest absolute Gasteiger partial charge is 0.493 e. The molecule has 0 aliphatic heterocycles. The molecule has 0 spiro atoms. The fourth-order valence-corrected chi connectivity index (χ4v) is 3.45. The van der Waals surface area contributed by atoms with E-state index in [1.165, 1.54) is 37.4 Å². The lowest BCUT2D eigenvalue weighted by Crippen LogP contribution is -2.42. The highest BCUT2D eigenvalue weighted by atomic mass is 16.6. The molecule has 8 heteroatoms. The number of hydrogen-bond donors (Lipinski definition) is 1. The number of carbonyl (C=O) groups is 3. The highest BCUT2D eigenvalue weighted by molar-refractivity contribution is 5.98. The summed E-state index contributed by atoms with van der Waals surface area (Å²) in [7, 11) is 1.40. The molecule has 0 saturated carbocycles. The zero-order chi connectivity index (χ0) is 24.2. The molecule has 3 rings (SSSR count). The molecule has 1 aromatic heterocycles. The Balaban J connectivity index is 1.68. The zero-order valence-corrected chi connectivity index (χ0v) is 19.6. The number of amides is 1. The molecular weight excluding hydrogens is 424 g/mol. The summed E-state index contributed by atoms with van der Waals surface area (Å²) in [5.74, 6) is -1.67. The van der Waals surface area contributed by atoms with Gasteiger partial charge in [-0.2, -0.15) is 0 Å². The van der Waals surface area contributed by atoms with Gasteiger partial charge < -0.3 is 19.5 Å². The maximum Gasteiger partial charge on any atom is 0.328 e. The highest BCUT2D eigenvalue weighted by Gasteiger charge is 2.30. The van der Waals surface area contributed by atoms with Crippen molar-refractivity contribution in [2.45, 2.75) is 59.1 Å². The van der Waals surface area contributed by atoms with Gasteiger partial charge in [0.25, 0.3) is 5.91 Å². The van der Waals surface area contributed by atoms with Gasteiger partial charge in [0.15, 0.2) is 11.4 Å². The number of carbonyl (C=O) groups excluding carboxylic acids is 3. The predicted molar refractivity (Wildman–Crippen MR) is 121 cm³/mol. The van der Waals surface area contributed by atoms with Gasteiger partial charge in [0, 0.05) is 18.7 Å². The van der Waals surface area contributed by atoms with Gasteiger partial charge in [-0.25, -0.2) is 9.78 Å². The summed E-state index contributed by atoms with van der Waals surface area (Å²) in [4.78, 5) is 42.0. The average molecular weight is 455 g/mol. The molecule has 1 aliphatic carbocycles. The number of aryl methyl sites for hydroxylation is 1. The summed E-state index contributed by atoms with van der Waals surface area (Å²) in [6, 6.07) is 8.66. The monoisotopic (exact) mass is 454 g/mol. The van der Waals surface area contributed by atoms with Crippen LogP contribution in [0.25, 0.3) is 0 Å². The number of nitrogens with one attached hydrogen (secondary N) is 1. The first kappa shape index (κ1) is 24.2. The third-order valence-corrected chi connectivity index (χ3v) is 5.40. The second-order valence-corrected chi connectivity index (χ2v) is 9.10. The number of aromatic nitrogens is 1. The van der Waals surface area contributed by atoms with Crippen molar-refractivity contribution in [3.8, 4) is 11.5 Å². The number of benzene rings is 1. The number of nitrogens with zero attached hydrogens (tertiary/aromatic N) is 1. The molecule has 2 atom stereocenters. The molecular formula is C25H30N2O6. The Morgan fingerprint density at radius 2 is 1.82 bits per heavy atom. The second-order valence-electron chi connectivity index (χ2n) is 9.10. The Labute approximate surface area is 193 Å². The smallest absolute Gasteiger partial charge is 0.328 e. The third kappa shape index (κ3) is 5.88. The van der Waals surface area contributed by atoms with Crippen LogP contribution in [0, 0.1) is 5.41 Å².